The van der Waals surface area contributed by atoms with Gasteiger partial charge in [0.1, 0.15) is 6.10 Å². The van der Waals surface area contributed by atoms with Crippen molar-refractivity contribution in [2.24, 2.45) is 0 Å². The summed E-state index contributed by atoms with van der Waals surface area (Å²) in [7, 11) is 0. The highest BCUT2D eigenvalue weighted by atomic mass is 16.5. The van der Waals surface area contributed by atoms with Gasteiger partial charge in [-0.25, -0.2) is 4.79 Å². The molecular formula is C24H38O2. The molecule has 1 aromatic rings. The molecule has 0 aliphatic rings. The van der Waals surface area contributed by atoms with Gasteiger partial charge in [0.05, 0.1) is 0 Å². The molecule has 0 fully saturated rings. The Kier molecular flexibility index (Phi) is 12.6. The number of ether oxygens (including phenoxy) is 1. The Labute approximate surface area is 161 Å². The maximum absolute atomic E-state index is 11.9. The Hall–Kier alpha value is -1.57. The lowest BCUT2D eigenvalue weighted by Gasteiger charge is -2.18. The molecule has 0 aliphatic heterocycles. The van der Waals surface area contributed by atoms with Crippen LogP contribution in [0.25, 0.3) is 0 Å². The van der Waals surface area contributed by atoms with Crippen LogP contribution in [0.4, 0.5) is 0 Å². The van der Waals surface area contributed by atoms with E-state index in [-0.39, 0.29) is 12.1 Å². The predicted molar refractivity (Wildman–Crippen MR) is 111 cm³/mol. The first-order valence-electron chi connectivity index (χ1n) is 10.6. The van der Waals surface area contributed by atoms with Crippen molar-refractivity contribution >= 4 is 5.97 Å². The van der Waals surface area contributed by atoms with Crippen LogP contribution in [-0.4, -0.2) is 5.97 Å². The Morgan fingerprint density at radius 3 is 1.88 bits per heavy atom. The predicted octanol–water partition coefficient (Wildman–Crippen LogP) is 7.55. The lowest BCUT2D eigenvalue weighted by atomic mass is 10.0. The molecule has 0 radical (unpaired) electrons. The first kappa shape index (κ1) is 22.5. The van der Waals surface area contributed by atoms with E-state index >= 15 is 0 Å². The second-order valence-electron chi connectivity index (χ2n) is 7.41. The molecule has 1 aromatic carbocycles. The minimum atomic E-state index is -0.290. The lowest BCUT2D eigenvalue weighted by Crippen LogP contribution is -2.12. The largest absolute Gasteiger partial charge is 0.454 e. The molecule has 0 N–H and O–H groups in total. The van der Waals surface area contributed by atoms with Crippen molar-refractivity contribution in [2.45, 2.75) is 97.0 Å². The number of esters is 1. The zero-order valence-corrected chi connectivity index (χ0v) is 17.0. The number of benzene rings is 1. The van der Waals surface area contributed by atoms with Gasteiger partial charge in [-0.05, 0) is 25.3 Å². The molecule has 0 bridgehead atoms. The molecule has 2 heteroatoms. The third-order valence-electron chi connectivity index (χ3n) is 4.84. The van der Waals surface area contributed by atoms with Crippen LogP contribution in [0.15, 0.2) is 42.5 Å². The molecule has 1 unspecified atom stereocenters. The SMILES string of the molecule is C=C(C)C(=O)OC(CCCCCCCCCCCCC)c1ccccc1. The van der Waals surface area contributed by atoms with Crippen LogP contribution in [-0.2, 0) is 9.53 Å². The van der Waals surface area contributed by atoms with E-state index in [2.05, 4.69) is 13.5 Å². The first-order valence-corrected chi connectivity index (χ1v) is 10.6. The van der Waals surface area contributed by atoms with Gasteiger partial charge in [0.2, 0.25) is 0 Å². The van der Waals surface area contributed by atoms with E-state index in [1.165, 1.54) is 64.2 Å². The van der Waals surface area contributed by atoms with E-state index in [1.54, 1.807) is 6.92 Å². The number of hydrogen-bond acceptors (Lipinski definition) is 2. The molecule has 0 aromatic heterocycles. The topological polar surface area (TPSA) is 26.3 Å². The van der Waals surface area contributed by atoms with Gasteiger partial charge in [-0.1, -0.05) is 108 Å². The third-order valence-corrected chi connectivity index (χ3v) is 4.84. The van der Waals surface area contributed by atoms with Gasteiger partial charge < -0.3 is 4.74 Å². The molecule has 0 spiro atoms. The van der Waals surface area contributed by atoms with E-state index in [9.17, 15) is 4.79 Å². The van der Waals surface area contributed by atoms with Crippen molar-refractivity contribution < 1.29 is 9.53 Å². The summed E-state index contributed by atoms with van der Waals surface area (Å²) in [6.07, 6.45) is 15.3. The van der Waals surface area contributed by atoms with Crippen molar-refractivity contribution in [1.82, 2.24) is 0 Å². The van der Waals surface area contributed by atoms with Crippen LogP contribution in [0.1, 0.15) is 103 Å². The highest BCUT2D eigenvalue weighted by molar-refractivity contribution is 5.87. The van der Waals surface area contributed by atoms with Crippen molar-refractivity contribution in [3.05, 3.63) is 48.0 Å². The minimum Gasteiger partial charge on any atom is -0.454 e. The molecule has 0 amide bonds. The van der Waals surface area contributed by atoms with Crippen LogP contribution < -0.4 is 0 Å². The molecule has 0 aliphatic carbocycles. The normalized spacial score (nSPS) is 11.9. The zero-order chi connectivity index (χ0) is 19.0. The lowest BCUT2D eigenvalue weighted by molar-refractivity contribution is -0.145. The molecule has 0 heterocycles. The highest BCUT2D eigenvalue weighted by Gasteiger charge is 2.16. The van der Waals surface area contributed by atoms with Crippen LogP contribution in [0.2, 0.25) is 0 Å². The summed E-state index contributed by atoms with van der Waals surface area (Å²) >= 11 is 0. The smallest absolute Gasteiger partial charge is 0.333 e. The zero-order valence-electron chi connectivity index (χ0n) is 17.0. The van der Waals surface area contributed by atoms with Gasteiger partial charge in [0, 0.05) is 5.57 Å². The standard InChI is InChI=1S/C24H38O2/c1-4-5-6-7-8-9-10-11-12-13-17-20-23(26-24(25)21(2)3)22-18-15-14-16-19-22/h14-16,18-19,23H,2,4-13,17,20H2,1,3H3. The van der Waals surface area contributed by atoms with Crippen LogP contribution in [0.3, 0.4) is 0 Å². The Bertz CT molecular complexity index is 492. The summed E-state index contributed by atoms with van der Waals surface area (Å²) in [6.45, 7) is 7.66. The Balaban J connectivity index is 2.20. The molecule has 0 saturated carbocycles. The van der Waals surface area contributed by atoms with Gasteiger partial charge in [0.15, 0.2) is 0 Å². The summed E-state index contributed by atoms with van der Waals surface area (Å²) in [5.74, 6) is -0.290. The maximum atomic E-state index is 11.9. The molecular weight excluding hydrogens is 320 g/mol. The summed E-state index contributed by atoms with van der Waals surface area (Å²) in [6, 6.07) is 10.1. The number of unbranched alkanes of at least 4 members (excludes halogenated alkanes) is 10. The highest BCUT2D eigenvalue weighted by Crippen LogP contribution is 2.25. The molecule has 2 nitrogen and oxygen atoms in total. The van der Waals surface area contributed by atoms with Crippen LogP contribution in [0, 0.1) is 0 Å². The molecule has 0 saturated heterocycles. The molecule has 26 heavy (non-hydrogen) atoms. The summed E-state index contributed by atoms with van der Waals surface area (Å²) in [5, 5.41) is 0. The van der Waals surface area contributed by atoms with Gasteiger partial charge in [-0.15, -0.1) is 0 Å². The van der Waals surface area contributed by atoms with E-state index < -0.39 is 0 Å². The Morgan fingerprint density at radius 2 is 1.38 bits per heavy atom. The fourth-order valence-electron chi connectivity index (χ4n) is 3.19. The second-order valence-corrected chi connectivity index (χ2v) is 7.41. The van der Waals surface area contributed by atoms with Crippen molar-refractivity contribution in [3.8, 4) is 0 Å². The number of carbonyl (C=O) groups excluding carboxylic acids is 1. The van der Waals surface area contributed by atoms with Crippen molar-refractivity contribution in [3.63, 3.8) is 0 Å². The molecule has 1 atom stereocenters. The quantitative estimate of drug-likeness (QED) is 0.184. The molecule has 1 rings (SSSR count). The maximum Gasteiger partial charge on any atom is 0.333 e. The number of carbonyl (C=O) groups is 1. The fraction of sp³-hybridized carbons (Fsp3) is 0.625. The average molecular weight is 359 g/mol. The van der Waals surface area contributed by atoms with Crippen molar-refractivity contribution in [2.75, 3.05) is 0 Å². The van der Waals surface area contributed by atoms with E-state index in [4.69, 9.17) is 4.74 Å². The Morgan fingerprint density at radius 1 is 0.885 bits per heavy atom. The second kappa shape index (κ2) is 14.6. The van der Waals surface area contributed by atoms with E-state index in [1.807, 2.05) is 30.3 Å². The number of hydrogen-bond donors (Lipinski definition) is 0. The van der Waals surface area contributed by atoms with Gasteiger partial charge in [-0.2, -0.15) is 0 Å². The third kappa shape index (κ3) is 10.4. The van der Waals surface area contributed by atoms with Gasteiger partial charge in [0.25, 0.3) is 0 Å². The van der Waals surface area contributed by atoms with E-state index in [0.717, 1.165) is 18.4 Å². The van der Waals surface area contributed by atoms with E-state index in [0.29, 0.717) is 5.57 Å². The molecule has 146 valence electrons. The first-order chi connectivity index (χ1) is 12.6. The average Bonchev–Trinajstić information content (AvgIpc) is 2.65. The van der Waals surface area contributed by atoms with Crippen LogP contribution >= 0.6 is 0 Å². The summed E-state index contributed by atoms with van der Waals surface area (Å²) < 4.78 is 5.65. The fourth-order valence-corrected chi connectivity index (χ4v) is 3.19. The summed E-state index contributed by atoms with van der Waals surface area (Å²) in [4.78, 5) is 11.9. The summed E-state index contributed by atoms with van der Waals surface area (Å²) in [5.41, 5.74) is 1.54. The van der Waals surface area contributed by atoms with Gasteiger partial charge in [-0.3, -0.25) is 0 Å². The van der Waals surface area contributed by atoms with Gasteiger partial charge >= 0.3 is 5.97 Å². The van der Waals surface area contributed by atoms with Crippen molar-refractivity contribution in [1.29, 1.82) is 0 Å². The monoisotopic (exact) mass is 358 g/mol. The minimum absolute atomic E-state index is 0.154. The van der Waals surface area contributed by atoms with Crippen LogP contribution in [0.5, 0.6) is 0 Å². The number of rotatable bonds is 15.